The molecule has 2 aliphatic heterocycles. The van der Waals surface area contributed by atoms with E-state index in [0.29, 0.717) is 30.4 Å². The molecular formula is C28H39Cl2F6N5O2. The number of hydrogen-bond acceptors (Lipinski definition) is 6. The molecule has 0 saturated carbocycles. The number of nitrogens with one attached hydrogen (secondary N) is 1. The average molecular weight is 663 g/mol. The van der Waals surface area contributed by atoms with Crippen LogP contribution in [0, 0.1) is 5.92 Å². The molecule has 0 radical (unpaired) electrons. The fraction of sp³-hybridized carbons (Fsp3) is 0.607. The first-order chi connectivity index (χ1) is 19.4. The first-order valence-corrected chi connectivity index (χ1v) is 14.0. The van der Waals surface area contributed by atoms with E-state index in [-0.39, 0.29) is 29.1 Å². The molecule has 7 nitrogen and oxygen atoms in total. The fourth-order valence-electron chi connectivity index (χ4n) is 4.15. The van der Waals surface area contributed by atoms with Crippen LogP contribution in [0.4, 0.5) is 32.2 Å². The summed E-state index contributed by atoms with van der Waals surface area (Å²) in [5, 5.41) is 3.34. The fourth-order valence-corrected chi connectivity index (χ4v) is 4.26. The molecule has 2 fully saturated rings. The van der Waals surface area contributed by atoms with E-state index in [0.717, 1.165) is 76.3 Å². The first-order valence-electron chi connectivity index (χ1n) is 13.7. The van der Waals surface area contributed by atoms with E-state index >= 15 is 0 Å². The summed E-state index contributed by atoms with van der Waals surface area (Å²) in [6.07, 6.45) is -2.36. The number of aromatic nitrogens is 2. The van der Waals surface area contributed by atoms with Gasteiger partial charge in [-0.2, -0.15) is 26.3 Å². The van der Waals surface area contributed by atoms with E-state index in [1.165, 1.54) is 6.07 Å². The molecule has 0 aromatic carbocycles. The molecule has 4 N–H and O–H groups in total. The Morgan fingerprint density at radius 1 is 0.930 bits per heavy atom. The van der Waals surface area contributed by atoms with Crippen LogP contribution in [0.1, 0.15) is 64.0 Å². The van der Waals surface area contributed by atoms with Crippen molar-refractivity contribution in [3.05, 3.63) is 52.9 Å². The van der Waals surface area contributed by atoms with Crippen LogP contribution < -0.4 is 28.4 Å². The van der Waals surface area contributed by atoms with Crippen LogP contribution in [0.25, 0.3) is 0 Å². The number of anilines is 1. The summed E-state index contributed by atoms with van der Waals surface area (Å²) in [6.45, 7) is 9.42. The summed E-state index contributed by atoms with van der Waals surface area (Å²) < 4.78 is 77.8. The van der Waals surface area contributed by atoms with Crippen molar-refractivity contribution in [3.8, 4) is 0 Å². The highest BCUT2D eigenvalue weighted by Gasteiger charge is 2.31. The molecular weight excluding hydrogens is 623 g/mol. The molecule has 43 heavy (non-hydrogen) atoms. The van der Waals surface area contributed by atoms with Gasteiger partial charge in [0.25, 0.3) is 0 Å². The van der Waals surface area contributed by atoms with Crippen molar-refractivity contribution in [2.24, 2.45) is 5.92 Å². The third-order valence-corrected chi connectivity index (χ3v) is 6.63. The summed E-state index contributed by atoms with van der Waals surface area (Å²) >= 11 is 5.28. The van der Waals surface area contributed by atoms with Gasteiger partial charge in [0.15, 0.2) is 0 Å². The number of carbonyl (C=O) groups excluding carboxylic acids is 1. The van der Waals surface area contributed by atoms with Crippen LogP contribution in [0.5, 0.6) is 0 Å². The SMILES string of the molecule is CC(C)(C)OC(=O)CC1CCNCC1.FC(F)(F)c1ccc(Cl)nc1.[Cl-].[NH3+]C1CCN(c2ccc(C(F)(F)F)cn2)CC1. The van der Waals surface area contributed by atoms with Crippen molar-refractivity contribution in [1.82, 2.24) is 15.3 Å². The Labute approximate surface area is 259 Å². The highest BCUT2D eigenvalue weighted by molar-refractivity contribution is 6.29. The molecule has 0 amide bonds. The van der Waals surface area contributed by atoms with E-state index < -0.39 is 23.5 Å². The molecule has 0 atom stereocenters. The minimum absolute atomic E-state index is 0. The maximum Gasteiger partial charge on any atom is 0.417 e. The molecule has 15 heteroatoms. The van der Waals surface area contributed by atoms with Crippen LogP contribution in [0.3, 0.4) is 0 Å². The molecule has 4 heterocycles. The summed E-state index contributed by atoms with van der Waals surface area (Å²) in [6, 6.07) is 4.95. The zero-order valence-electron chi connectivity index (χ0n) is 24.4. The predicted octanol–water partition coefficient (Wildman–Crippen LogP) is 2.79. The normalized spacial score (nSPS) is 16.6. The van der Waals surface area contributed by atoms with Gasteiger partial charge in [0.05, 0.1) is 17.2 Å². The second kappa shape index (κ2) is 17.2. The number of ether oxygens (including phenoxy) is 1. The van der Waals surface area contributed by atoms with Crippen molar-refractivity contribution in [2.75, 3.05) is 31.1 Å². The Balaban J connectivity index is 0.000000327. The van der Waals surface area contributed by atoms with Crippen LogP contribution in [-0.4, -0.2) is 53.8 Å². The zero-order chi connectivity index (χ0) is 31.6. The lowest BCUT2D eigenvalue weighted by atomic mass is 9.95. The third-order valence-electron chi connectivity index (χ3n) is 6.40. The number of esters is 1. The lowest BCUT2D eigenvalue weighted by molar-refractivity contribution is -0.423. The number of alkyl halides is 6. The standard InChI is InChI=1S/C11H14F3N3.C11H21NO2.C6H3ClF3N.ClH/c12-11(13,14)8-1-2-10(16-7-8)17-5-3-9(15)4-6-17;1-11(2,3)14-10(13)8-9-4-6-12-7-5-9;7-5-2-1-4(3-11-5)6(8,9)10;/h1-2,7,9H,3-6,15H2;9,12H,4-8H2,1-3H3;1-3H;1H. The van der Waals surface area contributed by atoms with Gasteiger partial charge in [0, 0.05) is 44.7 Å². The average Bonchev–Trinajstić information content (AvgIpc) is 2.89. The molecule has 2 aromatic heterocycles. The van der Waals surface area contributed by atoms with Crippen LogP contribution in [-0.2, 0) is 21.9 Å². The number of pyridine rings is 2. The van der Waals surface area contributed by atoms with Gasteiger partial charge in [-0.25, -0.2) is 9.97 Å². The van der Waals surface area contributed by atoms with Gasteiger partial charge < -0.3 is 33.1 Å². The second-order valence-corrected chi connectivity index (χ2v) is 11.6. The minimum atomic E-state index is -4.34. The smallest absolute Gasteiger partial charge is 0.417 e. The van der Waals surface area contributed by atoms with Gasteiger partial charge in [-0.3, -0.25) is 4.79 Å². The van der Waals surface area contributed by atoms with E-state index in [1.54, 1.807) is 0 Å². The van der Waals surface area contributed by atoms with Crippen molar-refractivity contribution >= 4 is 23.4 Å². The lowest BCUT2D eigenvalue weighted by Crippen LogP contribution is -3.00. The largest absolute Gasteiger partial charge is 1.00 e. The van der Waals surface area contributed by atoms with Crippen molar-refractivity contribution in [2.45, 2.75) is 76.9 Å². The molecule has 0 aliphatic carbocycles. The molecule has 244 valence electrons. The summed E-state index contributed by atoms with van der Waals surface area (Å²) in [4.78, 5) is 20.7. The lowest BCUT2D eigenvalue weighted by Gasteiger charge is -2.29. The number of carbonyl (C=O) groups is 1. The second-order valence-electron chi connectivity index (χ2n) is 11.2. The van der Waals surface area contributed by atoms with E-state index in [2.05, 4.69) is 21.0 Å². The maximum atomic E-state index is 12.4. The van der Waals surface area contributed by atoms with Gasteiger partial charge >= 0.3 is 18.3 Å². The molecule has 0 spiro atoms. The molecule has 4 rings (SSSR count). The van der Waals surface area contributed by atoms with Crippen molar-refractivity contribution in [3.63, 3.8) is 0 Å². The number of quaternary nitrogens is 1. The molecule has 2 saturated heterocycles. The van der Waals surface area contributed by atoms with Crippen LogP contribution in [0.15, 0.2) is 36.7 Å². The number of hydrogen-bond donors (Lipinski definition) is 2. The topological polar surface area (TPSA) is 95.0 Å². The highest BCUT2D eigenvalue weighted by Crippen LogP contribution is 2.30. The van der Waals surface area contributed by atoms with E-state index in [4.69, 9.17) is 16.3 Å². The number of piperidine rings is 2. The van der Waals surface area contributed by atoms with Gasteiger partial charge in [-0.05, 0) is 76.9 Å². The summed E-state index contributed by atoms with van der Waals surface area (Å²) in [7, 11) is 0. The van der Waals surface area contributed by atoms with Gasteiger partial charge in [0.1, 0.15) is 16.6 Å². The highest BCUT2D eigenvalue weighted by atomic mass is 35.5. The first kappa shape index (κ1) is 38.7. The Hall–Kier alpha value is -2.35. The minimum Gasteiger partial charge on any atom is -1.00 e. The van der Waals surface area contributed by atoms with Crippen molar-refractivity contribution in [1.29, 1.82) is 0 Å². The van der Waals surface area contributed by atoms with Gasteiger partial charge in [0.2, 0.25) is 0 Å². The van der Waals surface area contributed by atoms with Crippen LogP contribution in [0.2, 0.25) is 5.15 Å². The Kier molecular flexibility index (Phi) is 15.5. The number of nitrogens with zero attached hydrogens (tertiary/aromatic N) is 3. The van der Waals surface area contributed by atoms with Gasteiger partial charge in [-0.15, -0.1) is 0 Å². The Bertz CT molecular complexity index is 1080. The third kappa shape index (κ3) is 15.3. The molecule has 0 unspecified atom stereocenters. The molecule has 2 aromatic rings. The Morgan fingerprint density at radius 3 is 1.86 bits per heavy atom. The molecule has 2 aliphatic rings. The zero-order valence-corrected chi connectivity index (χ0v) is 25.9. The predicted molar refractivity (Wildman–Crippen MR) is 148 cm³/mol. The van der Waals surface area contributed by atoms with E-state index in [1.807, 2.05) is 25.7 Å². The quantitative estimate of drug-likeness (QED) is 0.299. The summed E-state index contributed by atoms with van der Waals surface area (Å²) in [5.41, 5.74) is 2.14. The van der Waals surface area contributed by atoms with Crippen LogP contribution >= 0.6 is 11.6 Å². The maximum absolute atomic E-state index is 12.4. The van der Waals surface area contributed by atoms with Gasteiger partial charge in [-0.1, -0.05) is 11.6 Å². The molecule has 0 bridgehead atoms. The van der Waals surface area contributed by atoms with Crippen molar-refractivity contribution < 1.29 is 54.0 Å². The van der Waals surface area contributed by atoms with E-state index in [9.17, 15) is 31.1 Å². The number of halogens is 8. The Morgan fingerprint density at radius 2 is 1.44 bits per heavy atom. The monoisotopic (exact) mass is 661 g/mol. The summed E-state index contributed by atoms with van der Waals surface area (Å²) in [5.74, 6) is 1.08. The number of rotatable bonds is 3.